The van der Waals surface area contributed by atoms with Crippen molar-refractivity contribution in [2.75, 3.05) is 0 Å². The largest absolute Gasteiger partial charge is 0.368 e. The maximum absolute atomic E-state index is 10.2. The quantitative estimate of drug-likeness (QED) is 0.291. The molecule has 15 atom stereocenters. The molecule has 0 aromatic heterocycles. The fourth-order valence-corrected chi connectivity index (χ4v) is 15.0. The predicted octanol–water partition coefficient (Wildman–Crippen LogP) is 6.74. The summed E-state index contributed by atoms with van der Waals surface area (Å²) in [6.45, 7) is 0. The monoisotopic (exact) mass is 554 g/mol. The van der Waals surface area contributed by atoms with Gasteiger partial charge in [0.2, 0.25) is 0 Å². The average Bonchev–Trinajstić information content (AvgIpc) is 3.63. The standard InChI is InChI=1S/C36H58O4/c37-34(38)22-8-10-25-21(17-22)7-12-29-28(25)14-16-36(15-2-5-31(29)36)32-19-24-18-23(35(39)40)9-11-26(24)30-13-6-20-3-1-4-27(20)33(30)32/h20-35,37-40H,1-19H2/t20-,21?,22?,23?,24?,25?,26-,27+,28?,29?,30+,31?,32?,33-,36?/m0/s1. The first kappa shape index (κ1) is 27.4. The Labute approximate surface area is 243 Å². The molecule has 0 aromatic carbocycles. The lowest BCUT2D eigenvalue weighted by Gasteiger charge is -2.64. The van der Waals surface area contributed by atoms with E-state index in [4.69, 9.17) is 0 Å². The third-order valence-corrected chi connectivity index (χ3v) is 16.2. The van der Waals surface area contributed by atoms with Crippen LogP contribution in [0.2, 0.25) is 0 Å². The molecule has 0 amide bonds. The molecule has 8 fully saturated rings. The highest BCUT2D eigenvalue weighted by molar-refractivity contribution is 5.12. The molecule has 8 aliphatic rings. The molecule has 226 valence electrons. The van der Waals surface area contributed by atoms with E-state index >= 15 is 0 Å². The summed E-state index contributed by atoms with van der Waals surface area (Å²) in [5, 5.41) is 40.2. The van der Waals surface area contributed by atoms with Crippen molar-refractivity contribution in [1.82, 2.24) is 0 Å². The van der Waals surface area contributed by atoms with Gasteiger partial charge in [-0.3, -0.25) is 0 Å². The van der Waals surface area contributed by atoms with Crippen molar-refractivity contribution in [2.24, 2.45) is 88.3 Å². The van der Waals surface area contributed by atoms with E-state index in [1.165, 1.54) is 96.3 Å². The van der Waals surface area contributed by atoms with Crippen molar-refractivity contribution < 1.29 is 20.4 Å². The maximum atomic E-state index is 10.2. The molecule has 10 unspecified atom stereocenters. The first-order valence-electron chi connectivity index (χ1n) is 18.2. The van der Waals surface area contributed by atoms with Gasteiger partial charge in [0.15, 0.2) is 12.6 Å². The van der Waals surface area contributed by atoms with Gasteiger partial charge in [-0.05, 0) is 179 Å². The molecule has 0 saturated heterocycles. The molecule has 8 rings (SSSR count). The molecule has 0 aromatic rings. The van der Waals surface area contributed by atoms with E-state index in [1.54, 1.807) is 0 Å². The number of hydrogen-bond acceptors (Lipinski definition) is 4. The highest BCUT2D eigenvalue weighted by Crippen LogP contribution is 2.71. The minimum absolute atomic E-state index is 0.108. The zero-order valence-electron chi connectivity index (χ0n) is 25.0. The number of fused-ring (bicyclic) bond motifs is 10. The minimum Gasteiger partial charge on any atom is -0.368 e. The van der Waals surface area contributed by atoms with E-state index in [0.717, 1.165) is 96.7 Å². The lowest BCUT2D eigenvalue weighted by atomic mass is 9.41. The predicted molar refractivity (Wildman–Crippen MR) is 155 cm³/mol. The van der Waals surface area contributed by atoms with Gasteiger partial charge < -0.3 is 20.4 Å². The topological polar surface area (TPSA) is 80.9 Å². The average molecular weight is 555 g/mol. The molecule has 8 saturated carbocycles. The van der Waals surface area contributed by atoms with Crippen molar-refractivity contribution in [2.45, 2.75) is 135 Å². The molecular formula is C36H58O4. The summed E-state index contributed by atoms with van der Waals surface area (Å²) in [5.74, 6) is 10.9. The molecule has 8 aliphatic carbocycles. The van der Waals surface area contributed by atoms with Crippen molar-refractivity contribution >= 4 is 0 Å². The highest BCUT2D eigenvalue weighted by Gasteiger charge is 2.64. The zero-order chi connectivity index (χ0) is 27.2. The lowest BCUT2D eigenvalue weighted by Crippen LogP contribution is -2.57. The summed E-state index contributed by atoms with van der Waals surface area (Å²) < 4.78 is 0. The van der Waals surface area contributed by atoms with Gasteiger partial charge in [-0.25, -0.2) is 0 Å². The summed E-state index contributed by atoms with van der Waals surface area (Å²) in [7, 11) is 0. The van der Waals surface area contributed by atoms with Crippen LogP contribution >= 0.6 is 0 Å². The zero-order valence-corrected chi connectivity index (χ0v) is 25.0. The van der Waals surface area contributed by atoms with Crippen molar-refractivity contribution in [1.29, 1.82) is 0 Å². The van der Waals surface area contributed by atoms with Gasteiger partial charge in [0.25, 0.3) is 0 Å². The van der Waals surface area contributed by atoms with E-state index in [0.29, 0.717) is 5.41 Å². The Kier molecular flexibility index (Phi) is 7.18. The number of rotatable bonds is 3. The Balaban J connectivity index is 1.10. The van der Waals surface area contributed by atoms with Gasteiger partial charge in [0.1, 0.15) is 0 Å². The van der Waals surface area contributed by atoms with E-state index in [2.05, 4.69) is 0 Å². The van der Waals surface area contributed by atoms with Gasteiger partial charge in [-0.15, -0.1) is 0 Å². The molecule has 0 aliphatic heterocycles. The van der Waals surface area contributed by atoms with E-state index in [9.17, 15) is 20.4 Å². The normalized spacial score (nSPS) is 55.6. The molecular weight excluding hydrogens is 496 g/mol. The summed E-state index contributed by atoms with van der Waals surface area (Å²) in [6, 6.07) is 0. The molecule has 0 radical (unpaired) electrons. The molecule has 4 nitrogen and oxygen atoms in total. The second-order valence-electron chi connectivity index (χ2n) is 17.0. The molecule has 4 N–H and O–H groups in total. The fourth-order valence-electron chi connectivity index (χ4n) is 15.0. The Morgan fingerprint density at radius 3 is 1.88 bits per heavy atom. The first-order valence-corrected chi connectivity index (χ1v) is 18.2. The molecule has 0 bridgehead atoms. The SMILES string of the molecule is OC(O)C1CCC2C(CCC3C2CCC2(C4CC5CC(C(O)O)CC[C@@H]5[C@H]5CC[C@@H]6CCC[C@H]6[C@H]45)CCCC32)C1. The molecule has 0 spiro atoms. The van der Waals surface area contributed by atoms with Crippen LogP contribution in [0.3, 0.4) is 0 Å². The summed E-state index contributed by atoms with van der Waals surface area (Å²) in [5.41, 5.74) is 0.565. The second-order valence-corrected chi connectivity index (χ2v) is 17.0. The van der Waals surface area contributed by atoms with E-state index in [1.807, 2.05) is 0 Å². The van der Waals surface area contributed by atoms with Crippen LogP contribution in [0.4, 0.5) is 0 Å². The van der Waals surface area contributed by atoms with Crippen LogP contribution in [-0.2, 0) is 0 Å². The Morgan fingerprint density at radius 1 is 0.425 bits per heavy atom. The van der Waals surface area contributed by atoms with Crippen LogP contribution in [0.25, 0.3) is 0 Å². The van der Waals surface area contributed by atoms with Crippen molar-refractivity contribution in [3.63, 3.8) is 0 Å². The Morgan fingerprint density at radius 2 is 1.10 bits per heavy atom. The molecule has 40 heavy (non-hydrogen) atoms. The summed E-state index contributed by atoms with van der Waals surface area (Å²) in [6.07, 6.45) is 23.4. The number of hydrogen-bond donors (Lipinski definition) is 4. The van der Waals surface area contributed by atoms with Gasteiger partial charge in [0, 0.05) is 11.8 Å². The van der Waals surface area contributed by atoms with E-state index in [-0.39, 0.29) is 11.8 Å². The van der Waals surface area contributed by atoms with Crippen LogP contribution in [0, 0.1) is 88.3 Å². The minimum atomic E-state index is -1.12. The van der Waals surface area contributed by atoms with Gasteiger partial charge >= 0.3 is 0 Å². The molecule has 0 heterocycles. The maximum Gasteiger partial charge on any atom is 0.154 e. The van der Waals surface area contributed by atoms with E-state index < -0.39 is 12.6 Å². The Hall–Kier alpha value is -0.160. The number of aliphatic hydroxyl groups excluding tert-OH is 2. The molecule has 4 heteroatoms. The van der Waals surface area contributed by atoms with Crippen LogP contribution < -0.4 is 0 Å². The summed E-state index contributed by atoms with van der Waals surface area (Å²) in [4.78, 5) is 0. The van der Waals surface area contributed by atoms with Crippen molar-refractivity contribution in [3.05, 3.63) is 0 Å². The third kappa shape index (κ3) is 4.18. The smallest absolute Gasteiger partial charge is 0.154 e. The van der Waals surface area contributed by atoms with Gasteiger partial charge in [-0.2, -0.15) is 0 Å². The summed E-state index contributed by atoms with van der Waals surface area (Å²) >= 11 is 0. The number of aliphatic hydroxyl groups is 4. The van der Waals surface area contributed by atoms with Crippen LogP contribution in [0.1, 0.15) is 122 Å². The van der Waals surface area contributed by atoms with Gasteiger partial charge in [-0.1, -0.05) is 19.3 Å². The lowest BCUT2D eigenvalue weighted by molar-refractivity contribution is -0.169. The Bertz CT molecular complexity index is 918. The van der Waals surface area contributed by atoms with Crippen molar-refractivity contribution in [3.8, 4) is 0 Å². The second kappa shape index (κ2) is 10.5. The highest BCUT2D eigenvalue weighted by atomic mass is 16.5. The first-order chi connectivity index (χ1) is 19.4. The fraction of sp³-hybridized carbons (Fsp3) is 1.00. The van der Waals surface area contributed by atoms with Crippen LogP contribution in [-0.4, -0.2) is 33.0 Å². The van der Waals surface area contributed by atoms with Gasteiger partial charge in [0.05, 0.1) is 0 Å². The van der Waals surface area contributed by atoms with Crippen LogP contribution in [0.5, 0.6) is 0 Å². The third-order valence-electron chi connectivity index (χ3n) is 16.2. The van der Waals surface area contributed by atoms with Crippen LogP contribution in [0.15, 0.2) is 0 Å².